The monoisotopic (exact) mass is 515 g/mol. The number of likely N-dealkylation sites (N-methyl/N-ethyl adjacent to an activating group) is 1. The molecule has 0 radical (unpaired) electrons. The van der Waals surface area contributed by atoms with Crippen molar-refractivity contribution in [2.45, 2.75) is 57.8 Å². The molecular formula is C30H33N3O5. The van der Waals surface area contributed by atoms with Gasteiger partial charge in [-0.15, -0.1) is 0 Å². The van der Waals surface area contributed by atoms with E-state index >= 15 is 0 Å². The maximum Gasteiger partial charge on any atom is 0.408 e. The number of hydrogen-bond donors (Lipinski definition) is 2. The zero-order valence-electron chi connectivity index (χ0n) is 22.2. The van der Waals surface area contributed by atoms with E-state index in [1.165, 1.54) is 0 Å². The van der Waals surface area contributed by atoms with E-state index < -0.39 is 23.3 Å². The van der Waals surface area contributed by atoms with E-state index in [1.54, 1.807) is 4.90 Å². The van der Waals surface area contributed by atoms with E-state index in [0.717, 1.165) is 27.9 Å². The smallest absolute Gasteiger partial charge is 0.408 e. The van der Waals surface area contributed by atoms with Crippen LogP contribution in [0.15, 0.2) is 60.7 Å². The van der Waals surface area contributed by atoms with Crippen molar-refractivity contribution in [3.8, 4) is 28.3 Å². The molecule has 38 heavy (non-hydrogen) atoms. The molecule has 1 aliphatic heterocycles. The summed E-state index contributed by atoms with van der Waals surface area (Å²) in [5, 5.41) is 13.1. The second-order valence-corrected chi connectivity index (χ2v) is 10.8. The molecule has 3 aromatic rings. The molecular weight excluding hydrogens is 482 g/mol. The highest BCUT2D eigenvalue weighted by Crippen LogP contribution is 2.44. The van der Waals surface area contributed by atoms with Gasteiger partial charge in [-0.05, 0) is 44.9 Å². The number of carbonyl (C=O) groups excluding carboxylic acids is 2. The topological polar surface area (TPSA) is 101 Å². The van der Waals surface area contributed by atoms with Gasteiger partial charge in [0.05, 0.1) is 17.3 Å². The summed E-state index contributed by atoms with van der Waals surface area (Å²) in [6.07, 6.45) is -0.180. The van der Waals surface area contributed by atoms with Crippen molar-refractivity contribution < 1.29 is 24.2 Å². The molecule has 2 aromatic carbocycles. The van der Waals surface area contributed by atoms with Gasteiger partial charge in [0, 0.05) is 30.5 Å². The van der Waals surface area contributed by atoms with Gasteiger partial charge in [-0.25, -0.2) is 9.78 Å². The van der Waals surface area contributed by atoms with Crippen molar-refractivity contribution in [2.24, 2.45) is 0 Å². The molecule has 5 rings (SSSR count). The zero-order chi connectivity index (χ0) is 27.1. The molecule has 1 aliphatic carbocycles. The maximum absolute atomic E-state index is 12.6. The van der Waals surface area contributed by atoms with Crippen LogP contribution in [0.25, 0.3) is 22.4 Å². The predicted octanol–water partition coefficient (Wildman–Crippen LogP) is 5.04. The highest BCUT2D eigenvalue weighted by molar-refractivity contribution is 5.99. The van der Waals surface area contributed by atoms with Gasteiger partial charge in [0.15, 0.2) is 6.61 Å². The number of carbonyl (C=O) groups is 2. The highest BCUT2D eigenvalue weighted by Gasteiger charge is 2.47. The van der Waals surface area contributed by atoms with Crippen molar-refractivity contribution in [3.05, 3.63) is 66.2 Å². The molecule has 1 aromatic heterocycles. The van der Waals surface area contributed by atoms with Gasteiger partial charge in [0.1, 0.15) is 11.3 Å². The molecule has 1 saturated carbocycles. The number of nitrogens with one attached hydrogen (secondary N) is 1. The first-order valence-electron chi connectivity index (χ1n) is 12.9. The summed E-state index contributed by atoms with van der Waals surface area (Å²) in [6, 6.07) is 19.7. The van der Waals surface area contributed by atoms with Crippen molar-refractivity contribution in [3.63, 3.8) is 0 Å². The molecule has 0 saturated heterocycles. The summed E-state index contributed by atoms with van der Waals surface area (Å²) in [6.45, 7) is 7.87. The van der Waals surface area contributed by atoms with Gasteiger partial charge in [-0.2, -0.15) is 0 Å². The summed E-state index contributed by atoms with van der Waals surface area (Å²) < 4.78 is 11.2. The van der Waals surface area contributed by atoms with Crippen molar-refractivity contribution in [2.75, 3.05) is 18.1 Å². The lowest BCUT2D eigenvalue weighted by Crippen LogP contribution is -2.57. The maximum atomic E-state index is 12.6. The molecule has 0 atom stereocenters. The lowest BCUT2D eigenvalue weighted by atomic mass is 9.69. The third kappa shape index (κ3) is 4.96. The number of alkyl carbamates (subject to hydrolysis) is 1. The largest absolute Gasteiger partial charge is 0.466 e. The molecule has 0 unspecified atom stereocenters. The average Bonchev–Trinajstić information content (AvgIpc) is 2.86. The minimum atomic E-state index is -0.697. The van der Waals surface area contributed by atoms with Crippen LogP contribution < -0.4 is 15.0 Å². The first-order chi connectivity index (χ1) is 18.1. The van der Waals surface area contributed by atoms with Gasteiger partial charge in [0.2, 0.25) is 5.88 Å². The number of aliphatic hydroxyl groups is 1. The minimum absolute atomic E-state index is 0.0436. The van der Waals surface area contributed by atoms with E-state index in [4.69, 9.17) is 14.5 Å². The van der Waals surface area contributed by atoms with Gasteiger partial charge in [0.25, 0.3) is 5.91 Å². The van der Waals surface area contributed by atoms with Crippen LogP contribution in [0.2, 0.25) is 0 Å². The molecule has 1 fully saturated rings. The number of anilines is 1. The Kier molecular flexibility index (Phi) is 6.61. The minimum Gasteiger partial charge on any atom is -0.466 e. The molecule has 2 N–H and O–H groups in total. The first kappa shape index (κ1) is 25.7. The quantitative estimate of drug-likeness (QED) is 0.494. The van der Waals surface area contributed by atoms with E-state index in [-0.39, 0.29) is 12.5 Å². The fraction of sp³-hybridized carbons (Fsp3) is 0.367. The van der Waals surface area contributed by atoms with Crippen LogP contribution in [0.4, 0.5) is 10.5 Å². The van der Waals surface area contributed by atoms with Crippen LogP contribution in [-0.2, 0) is 15.1 Å². The number of fused-ring (bicyclic) bond motifs is 1. The van der Waals surface area contributed by atoms with E-state index in [0.29, 0.717) is 31.0 Å². The fourth-order valence-electron chi connectivity index (χ4n) is 5.13. The van der Waals surface area contributed by atoms with Gasteiger partial charge >= 0.3 is 6.09 Å². The molecule has 8 heteroatoms. The first-order valence-corrected chi connectivity index (χ1v) is 12.9. The number of aliphatic hydroxyl groups excluding tert-OH is 1. The van der Waals surface area contributed by atoms with Crippen LogP contribution >= 0.6 is 0 Å². The zero-order valence-corrected chi connectivity index (χ0v) is 22.2. The normalized spacial score (nSPS) is 20.7. The highest BCUT2D eigenvalue weighted by atomic mass is 16.6. The van der Waals surface area contributed by atoms with Crippen LogP contribution in [0.3, 0.4) is 0 Å². The van der Waals surface area contributed by atoms with Gasteiger partial charge in [-0.1, -0.05) is 54.6 Å². The van der Waals surface area contributed by atoms with Crippen LogP contribution in [-0.4, -0.2) is 46.9 Å². The number of hydrogen-bond acceptors (Lipinski definition) is 6. The summed E-state index contributed by atoms with van der Waals surface area (Å²) in [5.74, 6) is 0.332. The Balaban J connectivity index is 1.53. The second-order valence-electron chi connectivity index (χ2n) is 10.8. The lowest BCUT2D eigenvalue weighted by Gasteiger charge is -2.46. The Labute approximate surface area is 222 Å². The van der Waals surface area contributed by atoms with Crippen LogP contribution in [0.5, 0.6) is 5.88 Å². The van der Waals surface area contributed by atoms with Gasteiger partial charge < -0.3 is 24.8 Å². The number of pyridine rings is 1. The van der Waals surface area contributed by atoms with E-state index in [2.05, 4.69) is 5.32 Å². The fourth-order valence-corrected chi connectivity index (χ4v) is 5.13. The predicted molar refractivity (Wildman–Crippen MR) is 145 cm³/mol. The Morgan fingerprint density at radius 1 is 1.13 bits per heavy atom. The van der Waals surface area contributed by atoms with Crippen molar-refractivity contribution >= 4 is 17.7 Å². The standard InChI is InChI=1S/C30H33N3O5/c1-5-33-24-15-23(19-9-7-6-8-10-19)26(31-27(24)37-18-25(33)35)20-11-13-21(14-12-20)30(16-22(34)17-30)32-28(36)38-29(2,3)4/h6-15,22,34H,5,16-18H2,1-4H3,(H,32,36). The van der Waals surface area contributed by atoms with E-state index in [1.807, 2.05) is 88.4 Å². The van der Waals surface area contributed by atoms with E-state index in [9.17, 15) is 14.7 Å². The molecule has 2 aliphatic rings. The number of nitrogens with zero attached hydrogens (tertiary/aromatic N) is 2. The SMILES string of the molecule is CCN1C(=O)COc2nc(-c3ccc(C4(NC(=O)OC(C)(C)C)CC(O)C4)cc3)c(-c3ccccc3)cc21. The molecule has 2 heterocycles. The number of amides is 2. The van der Waals surface area contributed by atoms with Crippen LogP contribution in [0, 0.1) is 0 Å². The third-order valence-corrected chi connectivity index (χ3v) is 6.91. The summed E-state index contributed by atoms with van der Waals surface area (Å²) >= 11 is 0. The summed E-state index contributed by atoms with van der Waals surface area (Å²) in [7, 11) is 0. The number of aromatic nitrogens is 1. The Morgan fingerprint density at radius 3 is 2.42 bits per heavy atom. The molecule has 0 spiro atoms. The van der Waals surface area contributed by atoms with Crippen molar-refractivity contribution in [1.29, 1.82) is 0 Å². The summed E-state index contributed by atoms with van der Waals surface area (Å²) in [5.41, 5.74) is 3.68. The summed E-state index contributed by atoms with van der Waals surface area (Å²) in [4.78, 5) is 31.6. The second kappa shape index (κ2) is 9.76. The Hall–Kier alpha value is -3.91. The average molecular weight is 516 g/mol. The molecule has 8 nitrogen and oxygen atoms in total. The molecule has 0 bridgehead atoms. The van der Waals surface area contributed by atoms with Gasteiger partial charge in [-0.3, -0.25) is 4.79 Å². The molecule has 198 valence electrons. The number of benzene rings is 2. The van der Waals surface area contributed by atoms with Crippen LogP contribution in [0.1, 0.15) is 46.1 Å². The van der Waals surface area contributed by atoms with Crippen molar-refractivity contribution in [1.82, 2.24) is 10.3 Å². The lowest BCUT2D eigenvalue weighted by molar-refractivity contribution is -0.121. The number of rotatable bonds is 5. The molecule has 2 amide bonds. The Morgan fingerprint density at radius 2 is 1.82 bits per heavy atom. The number of ether oxygens (including phenoxy) is 2. The Bertz CT molecular complexity index is 1340. The third-order valence-electron chi connectivity index (χ3n) is 6.91.